The Hall–Kier alpha value is -2.45. The molecule has 27 heavy (non-hydrogen) atoms. The Labute approximate surface area is 160 Å². The molecular formula is C19H25N5O2S. The summed E-state index contributed by atoms with van der Waals surface area (Å²) in [5.41, 5.74) is 6.74. The van der Waals surface area contributed by atoms with Gasteiger partial charge in [-0.3, -0.25) is 0 Å². The Morgan fingerprint density at radius 3 is 2.74 bits per heavy atom. The van der Waals surface area contributed by atoms with Gasteiger partial charge in [0, 0.05) is 19.3 Å². The molecule has 0 aliphatic carbocycles. The molecule has 1 atom stereocenters. The highest BCUT2D eigenvalue weighted by atomic mass is 32.2. The Kier molecular flexibility index (Phi) is 6.08. The molecule has 0 spiro atoms. The molecule has 0 bridgehead atoms. The van der Waals surface area contributed by atoms with Crippen LogP contribution in [-0.4, -0.2) is 36.8 Å². The van der Waals surface area contributed by atoms with Gasteiger partial charge in [-0.25, -0.2) is 18.4 Å². The number of hydrogen-bond acceptors (Lipinski definition) is 4. The van der Waals surface area contributed by atoms with Crippen LogP contribution in [0.1, 0.15) is 25.3 Å². The monoisotopic (exact) mass is 387 g/mol. The second-order valence-electron chi connectivity index (χ2n) is 6.80. The van der Waals surface area contributed by atoms with Crippen LogP contribution in [-0.2, 0) is 16.6 Å². The van der Waals surface area contributed by atoms with Crippen molar-refractivity contribution >= 4 is 21.8 Å². The van der Waals surface area contributed by atoms with Gasteiger partial charge in [0.2, 0.25) is 10.0 Å². The van der Waals surface area contributed by atoms with Crippen molar-refractivity contribution in [3.63, 3.8) is 0 Å². The van der Waals surface area contributed by atoms with Gasteiger partial charge in [0.1, 0.15) is 5.82 Å². The summed E-state index contributed by atoms with van der Waals surface area (Å²) in [4.78, 5) is 8.71. The summed E-state index contributed by atoms with van der Waals surface area (Å²) < 4.78 is 27.1. The molecule has 1 aliphatic heterocycles. The maximum absolute atomic E-state index is 12.8. The Balaban J connectivity index is 1.64. The van der Waals surface area contributed by atoms with Crippen LogP contribution in [0.5, 0.6) is 0 Å². The van der Waals surface area contributed by atoms with E-state index < -0.39 is 10.0 Å². The molecule has 0 amide bonds. The van der Waals surface area contributed by atoms with E-state index in [1.165, 1.54) is 0 Å². The van der Waals surface area contributed by atoms with E-state index in [2.05, 4.69) is 22.2 Å². The van der Waals surface area contributed by atoms with Gasteiger partial charge in [0.25, 0.3) is 0 Å². The molecule has 1 aromatic heterocycles. The number of anilines is 1. The van der Waals surface area contributed by atoms with E-state index in [1.807, 2.05) is 12.1 Å². The van der Waals surface area contributed by atoms with Crippen LogP contribution in [0.4, 0.5) is 5.82 Å². The number of nitrogens with two attached hydrogens (primary N) is 1. The lowest BCUT2D eigenvalue weighted by Gasteiger charge is -2.30. The SMILES string of the molecule is CC1CCCN(S(=O)(=O)c2ccc(CN=C(N)Nc3ccccn3)cc2)C1. The molecule has 1 saturated heterocycles. The van der Waals surface area contributed by atoms with Crippen LogP contribution in [0.3, 0.4) is 0 Å². The number of rotatable bonds is 5. The van der Waals surface area contributed by atoms with Crippen molar-refractivity contribution in [1.29, 1.82) is 0 Å². The second kappa shape index (κ2) is 8.49. The molecule has 0 radical (unpaired) electrons. The lowest BCUT2D eigenvalue weighted by atomic mass is 10.0. The van der Waals surface area contributed by atoms with Gasteiger partial charge < -0.3 is 11.1 Å². The van der Waals surface area contributed by atoms with Gasteiger partial charge in [-0.05, 0) is 48.6 Å². The zero-order valence-corrected chi connectivity index (χ0v) is 16.2. The first-order valence-electron chi connectivity index (χ1n) is 9.02. The van der Waals surface area contributed by atoms with Crippen molar-refractivity contribution in [1.82, 2.24) is 9.29 Å². The Morgan fingerprint density at radius 2 is 2.07 bits per heavy atom. The van der Waals surface area contributed by atoms with Crippen LogP contribution in [0.2, 0.25) is 0 Å². The lowest BCUT2D eigenvalue weighted by Crippen LogP contribution is -2.39. The van der Waals surface area contributed by atoms with Crippen molar-refractivity contribution in [3.05, 3.63) is 54.2 Å². The highest BCUT2D eigenvalue weighted by Gasteiger charge is 2.28. The van der Waals surface area contributed by atoms with Crippen molar-refractivity contribution in [2.45, 2.75) is 31.2 Å². The summed E-state index contributed by atoms with van der Waals surface area (Å²) in [7, 11) is -3.43. The van der Waals surface area contributed by atoms with Gasteiger partial charge in [-0.1, -0.05) is 25.1 Å². The summed E-state index contributed by atoms with van der Waals surface area (Å²) in [6, 6.07) is 12.3. The Bertz CT molecular complexity index is 882. The molecular weight excluding hydrogens is 362 g/mol. The quantitative estimate of drug-likeness (QED) is 0.606. The van der Waals surface area contributed by atoms with Gasteiger partial charge in [0.15, 0.2) is 5.96 Å². The summed E-state index contributed by atoms with van der Waals surface area (Å²) in [5.74, 6) is 1.28. The number of aromatic nitrogens is 1. The van der Waals surface area contributed by atoms with E-state index in [4.69, 9.17) is 5.73 Å². The number of pyridine rings is 1. The topological polar surface area (TPSA) is 101 Å². The van der Waals surface area contributed by atoms with Crippen molar-refractivity contribution in [2.24, 2.45) is 16.6 Å². The molecule has 7 nitrogen and oxygen atoms in total. The Morgan fingerprint density at radius 1 is 1.30 bits per heavy atom. The van der Waals surface area contributed by atoms with Crippen molar-refractivity contribution in [2.75, 3.05) is 18.4 Å². The molecule has 0 saturated carbocycles. The first-order valence-corrected chi connectivity index (χ1v) is 10.5. The van der Waals surface area contributed by atoms with Crippen molar-refractivity contribution in [3.8, 4) is 0 Å². The molecule has 1 unspecified atom stereocenters. The van der Waals surface area contributed by atoms with Crippen LogP contribution >= 0.6 is 0 Å². The fourth-order valence-corrected chi connectivity index (χ4v) is 4.66. The van der Waals surface area contributed by atoms with Gasteiger partial charge >= 0.3 is 0 Å². The zero-order chi connectivity index (χ0) is 19.3. The minimum atomic E-state index is -3.43. The van der Waals surface area contributed by atoms with E-state index >= 15 is 0 Å². The number of guanidine groups is 1. The fourth-order valence-electron chi connectivity index (χ4n) is 3.06. The minimum Gasteiger partial charge on any atom is -0.370 e. The maximum Gasteiger partial charge on any atom is 0.243 e. The number of sulfonamides is 1. The standard InChI is InChI=1S/C19H25N5O2S/c1-15-5-4-12-24(14-15)27(25,26)17-9-7-16(8-10-17)13-22-19(20)23-18-6-2-3-11-21-18/h2-3,6-11,15H,4-5,12-14H2,1H3,(H3,20,21,22,23). The van der Waals surface area contributed by atoms with Gasteiger partial charge in [0.05, 0.1) is 11.4 Å². The summed E-state index contributed by atoms with van der Waals surface area (Å²) in [5, 5.41) is 2.91. The number of nitrogens with zero attached hydrogens (tertiary/aromatic N) is 3. The molecule has 8 heteroatoms. The van der Waals surface area contributed by atoms with E-state index in [0.29, 0.717) is 36.3 Å². The average molecular weight is 388 g/mol. The maximum atomic E-state index is 12.8. The largest absolute Gasteiger partial charge is 0.370 e. The van der Waals surface area contributed by atoms with E-state index in [1.54, 1.807) is 40.8 Å². The molecule has 1 fully saturated rings. The first-order chi connectivity index (χ1) is 12.9. The summed E-state index contributed by atoms with van der Waals surface area (Å²) in [6.45, 7) is 3.62. The first kappa shape index (κ1) is 19.3. The number of hydrogen-bond donors (Lipinski definition) is 2. The van der Waals surface area contributed by atoms with E-state index in [0.717, 1.165) is 18.4 Å². The summed E-state index contributed by atoms with van der Waals surface area (Å²) >= 11 is 0. The predicted octanol–water partition coefficient (Wildman–Crippen LogP) is 2.43. The molecule has 1 aromatic carbocycles. The highest BCUT2D eigenvalue weighted by molar-refractivity contribution is 7.89. The molecule has 2 heterocycles. The molecule has 3 N–H and O–H groups in total. The van der Waals surface area contributed by atoms with Crippen LogP contribution in [0.25, 0.3) is 0 Å². The van der Waals surface area contributed by atoms with Gasteiger partial charge in [-0.2, -0.15) is 4.31 Å². The molecule has 3 rings (SSSR count). The predicted molar refractivity (Wildman–Crippen MR) is 107 cm³/mol. The minimum absolute atomic E-state index is 0.257. The smallest absolute Gasteiger partial charge is 0.243 e. The third kappa shape index (κ3) is 5.05. The van der Waals surface area contributed by atoms with E-state index in [9.17, 15) is 8.42 Å². The third-order valence-electron chi connectivity index (χ3n) is 4.53. The van der Waals surface area contributed by atoms with Crippen LogP contribution in [0.15, 0.2) is 58.5 Å². The molecule has 1 aliphatic rings. The third-order valence-corrected chi connectivity index (χ3v) is 6.41. The molecule has 2 aromatic rings. The second-order valence-corrected chi connectivity index (χ2v) is 8.73. The van der Waals surface area contributed by atoms with Crippen LogP contribution < -0.4 is 11.1 Å². The normalized spacial score (nSPS) is 19.0. The number of nitrogens with one attached hydrogen (secondary N) is 1. The number of aliphatic imine (C=N–C) groups is 1. The summed E-state index contributed by atoms with van der Waals surface area (Å²) in [6.07, 6.45) is 3.66. The molecule has 144 valence electrons. The lowest BCUT2D eigenvalue weighted by molar-refractivity contribution is 0.281. The average Bonchev–Trinajstić information content (AvgIpc) is 2.67. The fraction of sp³-hybridized carbons (Fsp3) is 0.368. The van der Waals surface area contributed by atoms with Crippen molar-refractivity contribution < 1.29 is 8.42 Å². The zero-order valence-electron chi connectivity index (χ0n) is 15.4. The van der Waals surface area contributed by atoms with Crippen LogP contribution in [0, 0.1) is 5.92 Å². The number of piperidine rings is 1. The highest BCUT2D eigenvalue weighted by Crippen LogP contribution is 2.23. The van der Waals surface area contributed by atoms with Gasteiger partial charge in [-0.15, -0.1) is 0 Å². The number of benzene rings is 1. The van der Waals surface area contributed by atoms with E-state index in [-0.39, 0.29) is 5.96 Å².